The summed E-state index contributed by atoms with van der Waals surface area (Å²) in [7, 11) is 1.86. The highest BCUT2D eigenvalue weighted by Crippen LogP contribution is 2.25. The molecule has 5 nitrogen and oxygen atoms in total. The lowest BCUT2D eigenvalue weighted by Gasteiger charge is -2.18. The number of nitrogens with zero attached hydrogens (tertiary/aromatic N) is 3. The molecule has 0 bridgehead atoms. The normalized spacial score (nSPS) is 11.7. The number of allylic oxidation sites excluding steroid dienone is 1. The average Bonchev–Trinajstić information content (AvgIpc) is 2.53. The monoisotopic (exact) mass is 283 g/mol. The van der Waals surface area contributed by atoms with E-state index in [9.17, 15) is 9.90 Å². The largest absolute Gasteiger partial charge is 0.481 e. The predicted molar refractivity (Wildman–Crippen MR) is 81.7 cm³/mol. The molecule has 0 spiro atoms. The Kier molecular flexibility index (Phi) is 4.66. The van der Waals surface area contributed by atoms with Gasteiger partial charge in [0.1, 0.15) is 0 Å². The van der Waals surface area contributed by atoms with E-state index in [0.717, 1.165) is 11.3 Å². The Balaban J connectivity index is 2.22. The Morgan fingerprint density at radius 2 is 1.95 bits per heavy atom. The molecule has 0 aliphatic rings. The van der Waals surface area contributed by atoms with Crippen LogP contribution in [0.2, 0.25) is 0 Å². The number of hydrogen-bond acceptors (Lipinski definition) is 4. The first-order chi connectivity index (χ1) is 10.1. The summed E-state index contributed by atoms with van der Waals surface area (Å²) in [5, 5.41) is 9.24. The van der Waals surface area contributed by atoms with E-state index in [2.05, 4.69) is 16.5 Å². The van der Waals surface area contributed by atoms with Crippen LogP contribution < -0.4 is 4.90 Å². The molecule has 1 aromatic carbocycles. The van der Waals surface area contributed by atoms with Gasteiger partial charge in [-0.2, -0.15) is 0 Å². The molecule has 0 amide bonds. The van der Waals surface area contributed by atoms with Crippen LogP contribution in [0.25, 0.3) is 0 Å². The molecule has 0 saturated heterocycles. The van der Waals surface area contributed by atoms with Crippen molar-refractivity contribution < 1.29 is 9.90 Å². The van der Waals surface area contributed by atoms with Crippen molar-refractivity contribution in [3.05, 3.63) is 60.9 Å². The van der Waals surface area contributed by atoms with Gasteiger partial charge < -0.3 is 10.0 Å². The Labute approximate surface area is 123 Å². The molecule has 1 atom stereocenters. The first-order valence-electron chi connectivity index (χ1n) is 6.58. The number of anilines is 2. The quantitative estimate of drug-likeness (QED) is 0.825. The van der Waals surface area contributed by atoms with Gasteiger partial charge in [-0.15, -0.1) is 6.58 Å². The van der Waals surface area contributed by atoms with Crippen LogP contribution in [0.4, 0.5) is 11.6 Å². The Hall–Kier alpha value is -2.69. The Morgan fingerprint density at radius 3 is 2.48 bits per heavy atom. The highest BCUT2D eigenvalue weighted by molar-refractivity contribution is 5.76. The standard InChI is InChI=1S/C16H17N3O2/c1-3-5-14(15(20)21)12-6-8-13(9-7-12)19(2)16-17-10-4-11-18-16/h3-4,6-11,14H,1,5H2,2H3,(H,20,21). The van der Waals surface area contributed by atoms with Gasteiger partial charge >= 0.3 is 5.97 Å². The molecule has 21 heavy (non-hydrogen) atoms. The number of hydrogen-bond donors (Lipinski definition) is 1. The third kappa shape index (κ3) is 3.45. The third-order valence-electron chi connectivity index (χ3n) is 3.24. The second kappa shape index (κ2) is 6.65. The minimum atomic E-state index is -0.845. The maximum absolute atomic E-state index is 11.3. The zero-order valence-corrected chi connectivity index (χ0v) is 11.8. The number of aromatic nitrogens is 2. The molecule has 1 heterocycles. The van der Waals surface area contributed by atoms with Crippen molar-refractivity contribution in [2.24, 2.45) is 0 Å². The molecule has 1 aromatic heterocycles. The lowest BCUT2D eigenvalue weighted by atomic mass is 9.96. The lowest BCUT2D eigenvalue weighted by Crippen LogP contribution is -2.14. The smallest absolute Gasteiger partial charge is 0.311 e. The van der Waals surface area contributed by atoms with E-state index in [0.29, 0.717) is 12.4 Å². The summed E-state index contributed by atoms with van der Waals surface area (Å²) in [6, 6.07) is 9.12. The van der Waals surface area contributed by atoms with E-state index in [4.69, 9.17) is 0 Å². The average molecular weight is 283 g/mol. The molecular weight excluding hydrogens is 266 g/mol. The van der Waals surface area contributed by atoms with E-state index in [1.165, 1.54) is 0 Å². The van der Waals surface area contributed by atoms with Gasteiger partial charge in [0, 0.05) is 25.1 Å². The summed E-state index contributed by atoms with van der Waals surface area (Å²) in [5.41, 5.74) is 1.65. The van der Waals surface area contributed by atoms with Gasteiger partial charge in [0.05, 0.1) is 5.92 Å². The van der Waals surface area contributed by atoms with Gasteiger partial charge in [0.15, 0.2) is 0 Å². The van der Waals surface area contributed by atoms with Crippen LogP contribution in [-0.4, -0.2) is 28.1 Å². The van der Waals surface area contributed by atoms with Crippen molar-refractivity contribution in [2.75, 3.05) is 11.9 Å². The Morgan fingerprint density at radius 1 is 1.33 bits per heavy atom. The molecule has 1 unspecified atom stereocenters. The maximum Gasteiger partial charge on any atom is 0.311 e. The highest BCUT2D eigenvalue weighted by Gasteiger charge is 2.18. The number of carboxylic acid groups (broad SMARTS) is 1. The van der Waals surface area contributed by atoms with Crippen LogP contribution >= 0.6 is 0 Å². The molecule has 2 aromatic rings. The minimum absolute atomic E-state index is 0.409. The van der Waals surface area contributed by atoms with E-state index >= 15 is 0 Å². The molecule has 0 aliphatic heterocycles. The van der Waals surface area contributed by atoms with Crippen molar-refractivity contribution in [1.29, 1.82) is 0 Å². The number of aliphatic carboxylic acids is 1. The molecule has 5 heteroatoms. The highest BCUT2D eigenvalue weighted by atomic mass is 16.4. The predicted octanol–water partition coefficient (Wildman–Crippen LogP) is 2.99. The molecule has 108 valence electrons. The fourth-order valence-electron chi connectivity index (χ4n) is 2.06. The van der Waals surface area contributed by atoms with Crippen molar-refractivity contribution in [2.45, 2.75) is 12.3 Å². The summed E-state index contributed by atoms with van der Waals surface area (Å²) >= 11 is 0. The molecule has 0 radical (unpaired) electrons. The zero-order chi connectivity index (χ0) is 15.2. The van der Waals surface area contributed by atoms with Gasteiger partial charge in [0.2, 0.25) is 5.95 Å². The van der Waals surface area contributed by atoms with Gasteiger partial charge in [-0.05, 0) is 30.2 Å². The fraction of sp³-hybridized carbons (Fsp3) is 0.188. The molecular formula is C16H17N3O2. The minimum Gasteiger partial charge on any atom is -0.481 e. The SMILES string of the molecule is C=CCC(C(=O)O)c1ccc(N(C)c2ncccn2)cc1. The van der Waals surface area contributed by atoms with Gasteiger partial charge in [-0.3, -0.25) is 4.79 Å². The number of benzene rings is 1. The summed E-state index contributed by atoms with van der Waals surface area (Å²) in [4.78, 5) is 21.4. The Bertz CT molecular complexity index is 611. The van der Waals surface area contributed by atoms with E-state index in [1.807, 2.05) is 36.2 Å². The molecule has 2 rings (SSSR count). The first-order valence-corrected chi connectivity index (χ1v) is 6.58. The van der Waals surface area contributed by atoms with Crippen molar-refractivity contribution in [3.63, 3.8) is 0 Å². The van der Waals surface area contributed by atoms with Crippen LogP contribution in [0.1, 0.15) is 17.9 Å². The third-order valence-corrected chi connectivity index (χ3v) is 3.24. The van der Waals surface area contributed by atoms with E-state index < -0.39 is 11.9 Å². The van der Waals surface area contributed by atoms with Crippen molar-refractivity contribution in [1.82, 2.24) is 9.97 Å². The van der Waals surface area contributed by atoms with Crippen LogP contribution in [0.15, 0.2) is 55.4 Å². The lowest BCUT2D eigenvalue weighted by molar-refractivity contribution is -0.138. The maximum atomic E-state index is 11.3. The number of carboxylic acids is 1. The van der Waals surface area contributed by atoms with E-state index in [1.54, 1.807) is 24.5 Å². The number of carbonyl (C=O) groups is 1. The van der Waals surface area contributed by atoms with Crippen LogP contribution in [0, 0.1) is 0 Å². The molecule has 0 aliphatic carbocycles. The number of rotatable bonds is 6. The van der Waals surface area contributed by atoms with Crippen LogP contribution in [0.3, 0.4) is 0 Å². The second-order valence-electron chi connectivity index (χ2n) is 4.61. The van der Waals surface area contributed by atoms with Crippen molar-refractivity contribution in [3.8, 4) is 0 Å². The van der Waals surface area contributed by atoms with Crippen molar-refractivity contribution >= 4 is 17.6 Å². The fourth-order valence-corrected chi connectivity index (χ4v) is 2.06. The zero-order valence-electron chi connectivity index (χ0n) is 11.8. The van der Waals surface area contributed by atoms with Crippen LogP contribution in [-0.2, 0) is 4.79 Å². The molecule has 0 saturated carbocycles. The van der Waals surface area contributed by atoms with Gasteiger partial charge in [-0.25, -0.2) is 9.97 Å². The topological polar surface area (TPSA) is 66.3 Å². The van der Waals surface area contributed by atoms with Crippen LogP contribution in [0.5, 0.6) is 0 Å². The summed E-state index contributed by atoms with van der Waals surface area (Å²) in [5.74, 6) is -0.816. The van der Waals surface area contributed by atoms with Gasteiger partial charge in [0.25, 0.3) is 0 Å². The first kappa shape index (κ1) is 14.7. The second-order valence-corrected chi connectivity index (χ2v) is 4.61. The summed E-state index contributed by atoms with van der Waals surface area (Å²) in [6.07, 6.45) is 5.39. The molecule has 0 fully saturated rings. The van der Waals surface area contributed by atoms with Gasteiger partial charge in [-0.1, -0.05) is 18.2 Å². The summed E-state index contributed by atoms with van der Waals surface area (Å²) < 4.78 is 0. The summed E-state index contributed by atoms with van der Waals surface area (Å²) in [6.45, 7) is 3.61. The molecule has 1 N–H and O–H groups in total. The van der Waals surface area contributed by atoms with E-state index in [-0.39, 0.29) is 0 Å².